The molecule has 4 aromatic rings. The average molecular weight is 719 g/mol. The highest BCUT2D eigenvalue weighted by Crippen LogP contribution is 2.32. The largest absolute Gasteiger partial charge is 0.474 e. The van der Waals surface area contributed by atoms with Crippen molar-refractivity contribution >= 4 is 16.5 Å². The van der Waals surface area contributed by atoms with E-state index in [1.807, 2.05) is 12.1 Å². The summed E-state index contributed by atoms with van der Waals surface area (Å²) in [6.07, 6.45) is 1.08. The van der Waals surface area contributed by atoms with Gasteiger partial charge in [-0.2, -0.15) is 5.26 Å². The molecule has 2 fully saturated rings. The first-order chi connectivity index (χ1) is 25.4. The number of piperidine rings is 1. The lowest BCUT2D eigenvalue weighted by Gasteiger charge is -2.39. The second-order valence-corrected chi connectivity index (χ2v) is 12.8. The molecule has 15 heteroatoms. The minimum atomic E-state index is -1.41. The number of fused-ring (bicyclic) bond motifs is 1. The van der Waals surface area contributed by atoms with Crippen LogP contribution in [0.15, 0.2) is 54.9 Å². The van der Waals surface area contributed by atoms with E-state index >= 15 is 0 Å². The van der Waals surface area contributed by atoms with Gasteiger partial charge in [0, 0.05) is 37.6 Å². The van der Waals surface area contributed by atoms with Gasteiger partial charge in [-0.3, -0.25) is 0 Å². The lowest BCUT2D eigenvalue weighted by atomic mass is 9.98. The van der Waals surface area contributed by atoms with Crippen LogP contribution >= 0.6 is 0 Å². The van der Waals surface area contributed by atoms with Crippen molar-refractivity contribution in [1.29, 1.82) is 5.26 Å². The summed E-state index contributed by atoms with van der Waals surface area (Å²) in [6, 6.07) is 17.0. The molecule has 0 aliphatic carbocycles. The van der Waals surface area contributed by atoms with Gasteiger partial charge in [0.05, 0.1) is 52.4 Å². The number of benzene rings is 2. The van der Waals surface area contributed by atoms with Crippen molar-refractivity contribution < 1.29 is 43.7 Å². The lowest BCUT2D eigenvalue weighted by molar-refractivity contribution is -0.292. The normalized spacial score (nSPS) is 22.1. The van der Waals surface area contributed by atoms with Crippen LogP contribution in [0.3, 0.4) is 0 Å². The van der Waals surface area contributed by atoms with Crippen molar-refractivity contribution in [2.24, 2.45) is 0 Å². The van der Waals surface area contributed by atoms with Crippen LogP contribution in [-0.4, -0.2) is 126 Å². The van der Waals surface area contributed by atoms with Gasteiger partial charge in [0.1, 0.15) is 48.3 Å². The Bertz CT molecular complexity index is 1780. The van der Waals surface area contributed by atoms with Gasteiger partial charge in [-0.25, -0.2) is 9.67 Å². The molecule has 0 amide bonds. The zero-order valence-corrected chi connectivity index (χ0v) is 29.2. The molecular weight excluding hydrogens is 672 g/mol. The van der Waals surface area contributed by atoms with E-state index in [4.69, 9.17) is 28.4 Å². The molecule has 52 heavy (non-hydrogen) atoms. The minimum absolute atomic E-state index is 0.0967. The second-order valence-electron chi connectivity index (χ2n) is 12.8. The van der Waals surface area contributed by atoms with Gasteiger partial charge in [-0.05, 0) is 59.9 Å². The summed E-state index contributed by atoms with van der Waals surface area (Å²) < 4.78 is 34.7. The Labute approximate surface area is 302 Å². The molecule has 3 N–H and O–H groups in total. The molecule has 0 radical (unpaired) electrons. The number of aliphatic hydroxyl groups is 3. The number of ether oxygens (including phenoxy) is 6. The van der Waals surface area contributed by atoms with Crippen molar-refractivity contribution in [2.45, 2.75) is 63.1 Å². The van der Waals surface area contributed by atoms with E-state index in [2.05, 4.69) is 56.6 Å². The van der Waals surface area contributed by atoms with Crippen molar-refractivity contribution in [3.8, 4) is 23.1 Å². The van der Waals surface area contributed by atoms with E-state index in [0.717, 1.165) is 29.6 Å². The van der Waals surface area contributed by atoms with Gasteiger partial charge in [0.25, 0.3) is 0 Å². The monoisotopic (exact) mass is 718 g/mol. The summed E-state index contributed by atoms with van der Waals surface area (Å²) in [5.74, 6) is 0.274. The van der Waals surface area contributed by atoms with Gasteiger partial charge in [0.15, 0.2) is 6.29 Å². The molecule has 4 heterocycles. The standard InChI is InChI=1S/C37H46N6O9/c1-47-37-35(46)34(45)33(44)32(52-37)23-43-22-28(40-41-43)24-50-16-15-48-13-14-49-17-18-51-36-31(21-38)30(9-10-39-36)27-6-5-26-20-29(8-7-25(26)19-27)42-11-3-2-4-12-42/h5-10,19-20,22,32-35,37,44-46H,2-4,11-18,23-24H2,1H3. The predicted molar refractivity (Wildman–Crippen MR) is 188 cm³/mol. The first-order valence-corrected chi connectivity index (χ1v) is 17.6. The number of rotatable bonds is 17. The number of aliphatic hydroxyl groups excluding tert-OH is 3. The average Bonchev–Trinajstić information content (AvgIpc) is 3.63. The van der Waals surface area contributed by atoms with Gasteiger partial charge in [-0.1, -0.05) is 23.4 Å². The number of hydrogen-bond acceptors (Lipinski definition) is 14. The van der Waals surface area contributed by atoms with Gasteiger partial charge in [-0.15, -0.1) is 5.10 Å². The van der Waals surface area contributed by atoms with E-state index < -0.39 is 30.7 Å². The fraction of sp³-hybridized carbons (Fsp3) is 0.514. The topological polar surface area (TPSA) is 187 Å². The number of hydrogen-bond donors (Lipinski definition) is 3. The maximum atomic E-state index is 10.2. The number of methoxy groups -OCH3 is 1. The van der Waals surface area contributed by atoms with Crippen LogP contribution in [-0.2, 0) is 36.8 Å². The number of aromatic nitrogens is 4. The Balaban J connectivity index is 0.865. The predicted octanol–water partition coefficient (Wildman–Crippen LogP) is 2.44. The second kappa shape index (κ2) is 18.5. The van der Waals surface area contributed by atoms with Crippen molar-refractivity contribution in [1.82, 2.24) is 20.0 Å². The number of nitriles is 1. The fourth-order valence-corrected chi connectivity index (χ4v) is 6.40. The molecule has 2 aromatic carbocycles. The van der Waals surface area contributed by atoms with Crippen LogP contribution in [0.2, 0.25) is 0 Å². The van der Waals surface area contributed by atoms with Crippen LogP contribution in [0, 0.1) is 11.3 Å². The van der Waals surface area contributed by atoms with E-state index in [-0.39, 0.29) is 25.6 Å². The maximum Gasteiger partial charge on any atom is 0.232 e. The molecule has 5 atom stereocenters. The molecule has 2 aliphatic heterocycles. The Hall–Kier alpha value is -4.24. The van der Waals surface area contributed by atoms with Crippen LogP contribution in [0.25, 0.3) is 21.9 Å². The third kappa shape index (κ3) is 9.40. The first kappa shape index (κ1) is 37.5. The third-order valence-electron chi connectivity index (χ3n) is 9.20. The summed E-state index contributed by atoms with van der Waals surface area (Å²) >= 11 is 0. The zero-order chi connectivity index (χ0) is 36.3. The third-order valence-corrected chi connectivity index (χ3v) is 9.20. The Morgan fingerprint density at radius 3 is 2.37 bits per heavy atom. The Kier molecular flexibility index (Phi) is 13.3. The van der Waals surface area contributed by atoms with Crippen molar-refractivity contribution in [2.75, 3.05) is 64.7 Å². The molecule has 2 saturated heterocycles. The molecule has 5 unspecified atom stereocenters. The summed E-state index contributed by atoms with van der Waals surface area (Å²) in [5, 5.41) is 50.6. The molecule has 15 nitrogen and oxygen atoms in total. The maximum absolute atomic E-state index is 10.2. The SMILES string of the molecule is COC1OC(Cn2cc(COCCOCCOCCOc3nccc(-c4ccc5cc(N6CCCCC6)ccc5c4)c3C#N)nn2)C(O)C(O)C1O. The van der Waals surface area contributed by atoms with E-state index in [1.54, 1.807) is 12.4 Å². The fourth-order valence-electron chi connectivity index (χ4n) is 6.40. The van der Waals surface area contributed by atoms with E-state index in [0.29, 0.717) is 44.3 Å². The van der Waals surface area contributed by atoms with Crippen LogP contribution in [0.5, 0.6) is 5.88 Å². The summed E-state index contributed by atoms with van der Waals surface area (Å²) in [7, 11) is 1.34. The van der Waals surface area contributed by atoms with Crippen LogP contribution < -0.4 is 9.64 Å². The van der Waals surface area contributed by atoms with Crippen molar-refractivity contribution in [3.05, 3.63) is 66.1 Å². The van der Waals surface area contributed by atoms with Crippen molar-refractivity contribution in [3.63, 3.8) is 0 Å². The molecule has 0 spiro atoms. The molecule has 278 valence electrons. The van der Waals surface area contributed by atoms with E-state index in [9.17, 15) is 20.6 Å². The quantitative estimate of drug-likeness (QED) is 0.135. The van der Waals surface area contributed by atoms with E-state index in [1.165, 1.54) is 42.1 Å². The molecule has 2 aliphatic rings. The highest BCUT2D eigenvalue weighted by Gasteiger charge is 2.44. The van der Waals surface area contributed by atoms with Crippen LogP contribution in [0.1, 0.15) is 30.5 Å². The molecule has 6 rings (SSSR count). The summed E-state index contributed by atoms with van der Waals surface area (Å²) in [6.45, 7) is 4.44. The van der Waals surface area contributed by atoms with Gasteiger partial charge < -0.3 is 48.6 Å². The highest BCUT2D eigenvalue weighted by molar-refractivity contribution is 5.90. The zero-order valence-electron chi connectivity index (χ0n) is 29.2. The van der Waals surface area contributed by atoms with Gasteiger partial charge in [0.2, 0.25) is 5.88 Å². The number of nitrogens with zero attached hydrogens (tertiary/aromatic N) is 6. The minimum Gasteiger partial charge on any atom is -0.474 e. The first-order valence-electron chi connectivity index (χ1n) is 17.6. The van der Waals surface area contributed by atoms with Gasteiger partial charge >= 0.3 is 0 Å². The molecule has 2 aromatic heterocycles. The molecule has 0 saturated carbocycles. The summed E-state index contributed by atoms with van der Waals surface area (Å²) in [4.78, 5) is 6.76. The molecular formula is C37H46N6O9. The summed E-state index contributed by atoms with van der Waals surface area (Å²) in [5.41, 5.74) is 3.91. The van der Waals surface area contributed by atoms with Crippen LogP contribution in [0.4, 0.5) is 5.69 Å². The number of pyridine rings is 1. The lowest BCUT2D eigenvalue weighted by Crippen LogP contribution is -2.58. The number of anilines is 1. The molecule has 0 bridgehead atoms. The Morgan fingerprint density at radius 1 is 0.865 bits per heavy atom. The Morgan fingerprint density at radius 2 is 1.60 bits per heavy atom. The highest BCUT2D eigenvalue weighted by atomic mass is 16.7. The smallest absolute Gasteiger partial charge is 0.232 e.